The number of aliphatic hydroxyl groups is 1. The van der Waals surface area contributed by atoms with Crippen LogP contribution in [0.4, 0.5) is 0 Å². The van der Waals surface area contributed by atoms with Gasteiger partial charge in [0.15, 0.2) is 13.1 Å². The predicted octanol–water partition coefficient (Wildman–Crippen LogP) is 4.04. The van der Waals surface area contributed by atoms with Gasteiger partial charge in [-0.15, -0.1) is 0 Å². The van der Waals surface area contributed by atoms with E-state index in [0.29, 0.717) is 11.3 Å². The van der Waals surface area contributed by atoms with Crippen LogP contribution in [0.1, 0.15) is 41.8 Å². The summed E-state index contributed by atoms with van der Waals surface area (Å²) in [6.07, 6.45) is 5.05. The number of aliphatic hydroxyl groups excluding tert-OH is 1. The van der Waals surface area contributed by atoms with Crippen LogP contribution in [0.3, 0.4) is 0 Å². The van der Waals surface area contributed by atoms with Gasteiger partial charge < -0.3 is 14.6 Å². The van der Waals surface area contributed by atoms with Crippen molar-refractivity contribution in [1.82, 2.24) is 0 Å². The summed E-state index contributed by atoms with van der Waals surface area (Å²) < 4.78 is 10.8. The molecule has 0 saturated heterocycles. The first-order chi connectivity index (χ1) is 11.8. The predicted molar refractivity (Wildman–Crippen MR) is 98.3 cm³/mol. The standard InChI is InChI=1S/C20H22O4.CH4/c21-12-18-8-5-16(11-20(18)24-14-22)2-1-15-6-9-19(10-7-15)23-13-17-3-4-17;/h5-12,17,22H,1-4,13-14H2;1H4. The molecule has 2 aromatic carbocycles. The van der Waals surface area contributed by atoms with Gasteiger partial charge in [-0.2, -0.15) is 0 Å². The summed E-state index contributed by atoms with van der Waals surface area (Å²) in [6.45, 7) is 0.392. The zero-order valence-corrected chi connectivity index (χ0v) is 13.6. The summed E-state index contributed by atoms with van der Waals surface area (Å²) in [4.78, 5) is 11.0. The Morgan fingerprint density at radius 1 is 1.00 bits per heavy atom. The molecular weight excluding hydrogens is 316 g/mol. The van der Waals surface area contributed by atoms with Gasteiger partial charge >= 0.3 is 0 Å². The fourth-order valence-corrected chi connectivity index (χ4v) is 2.57. The number of rotatable bonds is 9. The molecule has 1 N–H and O–H groups in total. The molecule has 0 atom stereocenters. The molecule has 0 unspecified atom stereocenters. The molecule has 4 nitrogen and oxygen atoms in total. The second kappa shape index (κ2) is 9.23. The monoisotopic (exact) mass is 342 g/mol. The maximum Gasteiger partial charge on any atom is 0.186 e. The minimum atomic E-state index is -0.438. The average molecular weight is 342 g/mol. The topological polar surface area (TPSA) is 55.8 Å². The summed E-state index contributed by atoms with van der Waals surface area (Å²) >= 11 is 0. The highest BCUT2D eigenvalue weighted by Gasteiger charge is 2.21. The van der Waals surface area contributed by atoms with Crippen LogP contribution < -0.4 is 9.47 Å². The minimum Gasteiger partial charge on any atom is -0.493 e. The van der Waals surface area contributed by atoms with E-state index in [1.807, 2.05) is 24.3 Å². The van der Waals surface area contributed by atoms with Crippen molar-refractivity contribution in [3.05, 3.63) is 59.2 Å². The number of aldehydes is 1. The molecule has 0 spiro atoms. The average Bonchev–Trinajstić information content (AvgIpc) is 3.44. The SMILES string of the molecule is C.O=Cc1ccc(CCc2ccc(OCC3CC3)cc2)cc1OCO. The van der Waals surface area contributed by atoms with Gasteiger partial charge in [-0.25, -0.2) is 0 Å². The molecule has 0 bridgehead atoms. The van der Waals surface area contributed by atoms with Gasteiger partial charge in [-0.05, 0) is 67.0 Å². The third kappa shape index (κ3) is 5.61. The van der Waals surface area contributed by atoms with Crippen molar-refractivity contribution in [3.8, 4) is 11.5 Å². The van der Waals surface area contributed by atoms with Crippen LogP contribution in [-0.2, 0) is 12.8 Å². The molecule has 0 aromatic heterocycles. The van der Waals surface area contributed by atoms with E-state index in [4.69, 9.17) is 14.6 Å². The summed E-state index contributed by atoms with van der Waals surface area (Å²) in [5.74, 6) is 2.11. The molecule has 4 heteroatoms. The number of hydrogen-bond donors (Lipinski definition) is 1. The van der Waals surface area contributed by atoms with E-state index in [2.05, 4.69) is 12.1 Å². The van der Waals surface area contributed by atoms with Crippen LogP contribution in [0.5, 0.6) is 11.5 Å². The normalized spacial score (nSPS) is 13.0. The number of carbonyl (C=O) groups is 1. The highest BCUT2D eigenvalue weighted by molar-refractivity contribution is 5.79. The maximum atomic E-state index is 11.0. The molecule has 0 aliphatic heterocycles. The molecule has 1 fully saturated rings. The highest BCUT2D eigenvalue weighted by atomic mass is 16.6. The molecule has 3 rings (SSSR count). The lowest BCUT2D eigenvalue weighted by molar-refractivity contribution is 0.0958. The van der Waals surface area contributed by atoms with E-state index in [1.165, 1.54) is 18.4 Å². The molecule has 25 heavy (non-hydrogen) atoms. The largest absolute Gasteiger partial charge is 0.493 e. The van der Waals surface area contributed by atoms with Crippen LogP contribution in [-0.4, -0.2) is 24.8 Å². The van der Waals surface area contributed by atoms with Crippen molar-refractivity contribution >= 4 is 6.29 Å². The fraction of sp³-hybridized carbons (Fsp3) is 0.381. The smallest absolute Gasteiger partial charge is 0.186 e. The lowest BCUT2D eigenvalue weighted by atomic mass is 10.0. The quantitative estimate of drug-likeness (QED) is 0.552. The van der Waals surface area contributed by atoms with Crippen molar-refractivity contribution < 1.29 is 19.4 Å². The van der Waals surface area contributed by atoms with E-state index < -0.39 is 6.79 Å². The first-order valence-electron chi connectivity index (χ1n) is 8.32. The van der Waals surface area contributed by atoms with Gasteiger partial charge in [0.1, 0.15) is 11.5 Å². The van der Waals surface area contributed by atoms with Crippen LogP contribution in [0, 0.1) is 5.92 Å². The molecule has 0 heterocycles. The molecule has 0 amide bonds. The summed E-state index contributed by atoms with van der Waals surface area (Å²) in [6, 6.07) is 13.7. The number of aryl methyl sites for hydroxylation is 2. The van der Waals surface area contributed by atoms with Crippen molar-refractivity contribution in [2.75, 3.05) is 13.4 Å². The van der Waals surface area contributed by atoms with E-state index in [9.17, 15) is 4.79 Å². The van der Waals surface area contributed by atoms with Crippen molar-refractivity contribution in [3.63, 3.8) is 0 Å². The van der Waals surface area contributed by atoms with E-state index in [-0.39, 0.29) is 7.43 Å². The van der Waals surface area contributed by atoms with Gasteiger partial charge in [-0.1, -0.05) is 25.6 Å². The Bertz CT molecular complexity index is 675. The third-order valence-corrected chi connectivity index (χ3v) is 4.23. The number of carbonyl (C=O) groups excluding carboxylic acids is 1. The summed E-state index contributed by atoms with van der Waals surface area (Å²) in [5, 5.41) is 8.90. The summed E-state index contributed by atoms with van der Waals surface area (Å²) in [5.41, 5.74) is 2.75. The third-order valence-electron chi connectivity index (χ3n) is 4.23. The Morgan fingerprint density at radius 3 is 2.32 bits per heavy atom. The van der Waals surface area contributed by atoms with Gasteiger partial charge in [0, 0.05) is 0 Å². The van der Waals surface area contributed by atoms with Crippen molar-refractivity contribution in [2.24, 2.45) is 5.92 Å². The summed E-state index contributed by atoms with van der Waals surface area (Å²) in [7, 11) is 0. The number of hydrogen-bond acceptors (Lipinski definition) is 4. The lowest BCUT2D eigenvalue weighted by Crippen LogP contribution is -2.00. The Morgan fingerprint density at radius 2 is 1.68 bits per heavy atom. The molecule has 1 saturated carbocycles. The number of benzene rings is 2. The Labute approximate surface area is 149 Å². The van der Waals surface area contributed by atoms with E-state index >= 15 is 0 Å². The second-order valence-corrected chi connectivity index (χ2v) is 6.16. The molecule has 2 aromatic rings. The van der Waals surface area contributed by atoms with Crippen LogP contribution in [0.2, 0.25) is 0 Å². The first-order valence-corrected chi connectivity index (χ1v) is 8.32. The van der Waals surface area contributed by atoms with Crippen molar-refractivity contribution in [2.45, 2.75) is 33.1 Å². The Hall–Kier alpha value is -2.33. The zero-order chi connectivity index (χ0) is 16.8. The second-order valence-electron chi connectivity index (χ2n) is 6.16. The molecular formula is C21H26O4. The maximum absolute atomic E-state index is 11.0. The van der Waals surface area contributed by atoms with Gasteiger partial charge in [0.2, 0.25) is 0 Å². The van der Waals surface area contributed by atoms with Gasteiger partial charge in [0.25, 0.3) is 0 Å². The van der Waals surface area contributed by atoms with E-state index in [1.54, 1.807) is 6.07 Å². The van der Waals surface area contributed by atoms with Gasteiger partial charge in [0.05, 0.1) is 12.2 Å². The Balaban J connectivity index is 0.00000225. The van der Waals surface area contributed by atoms with Crippen molar-refractivity contribution in [1.29, 1.82) is 0 Å². The highest BCUT2D eigenvalue weighted by Crippen LogP contribution is 2.29. The van der Waals surface area contributed by atoms with Gasteiger partial charge in [-0.3, -0.25) is 4.79 Å². The first kappa shape index (κ1) is 19.0. The molecule has 1 aliphatic rings. The van der Waals surface area contributed by atoms with Crippen LogP contribution in [0.15, 0.2) is 42.5 Å². The van der Waals surface area contributed by atoms with Crippen LogP contribution in [0.25, 0.3) is 0 Å². The van der Waals surface area contributed by atoms with E-state index in [0.717, 1.165) is 43.0 Å². The minimum absolute atomic E-state index is 0. The molecule has 134 valence electrons. The lowest BCUT2D eigenvalue weighted by Gasteiger charge is -2.09. The molecule has 1 aliphatic carbocycles. The number of ether oxygens (including phenoxy) is 2. The molecule has 0 radical (unpaired) electrons. The Kier molecular flexibility index (Phi) is 7.02. The van der Waals surface area contributed by atoms with Crippen LogP contribution >= 0.6 is 0 Å². The zero-order valence-electron chi connectivity index (χ0n) is 13.6. The fourth-order valence-electron chi connectivity index (χ4n) is 2.57.